The van der Waals surface area contributed by atoms with Crippen LogP contribution >= 0.6 is 0 Å². The predicted molar refractivity (Wildman–Crippen MR) is 52.1 cm³/mol. The SMILES string of the molecule is O=S1(=O)C=CC(NCc2ncc[nH]2)C1. The van der Waals surface area contributed by atoms with Crippen LogP contribution in [0.1, 0.15) is 5.82 Å². The number of imidazole rings is 1. The lowest BCUT2D eigenvalue weighted by Gasteiger charge is -2.07. The van der Waals surface area contributed by atoms with Crippen molar-refractivity contribution in [3.05, 3.63) is 29.7 Å². The van der Waals surface area contributed by atoms with Gasteiger partial charge in [-0.15, -0.1) is 0 Å². The fraction of sp³-hybridized carbons (Fsp3) is 0.375. The molecule has 5 nitrogen and oxygen atoms in total. The van der Waals surface area contributed by atoms with E-state index in [1.807, 2.05) is 0 Å². The van der Waals surface area contributed by atoms with Crippen molar-refractivity contribution < 1.29 is 8.42 Å². The van der Waals surface area contributed by atoms with Crippen molar-refractivity contribution in [1.29, 1.82) is 0 Å². The number of rotatable bonds is 3. The molecule has 0 aliphatic carbocycles. The van der Waals surface area contributed by atoms with Gasteiger partial charge in [-0.1, -0.05) is 6.08 Å². The van der Waals surface area contributed by atoms with Gasteiger partial charge in [-0.05, 0) is 0 Å². The molecule has 0 amide bonds. The van der Waals surface area contributed by atoms with Gasteiger partial charge in [0.1, 0.15) is 5.82 Å². The zero-order valence-electron chi connectivity index (χ0n) is 7.47. The van der Waals surface area contributed by atoms with Crippen LogP contribution in [0.5, 0.6) is 0 Å². The van der Waals surface area contributed by atoms with E-state index in [0.717, 1.165) is 5.82 Å². The minimum Gasteiger partial charge on any atom is -0.348 e. The summed E-state index contributed by atoms with van der Waals surface area (Å²) in [4.78, 5) is 6.96. The Morgan fingerprint density at radius 2 is 2.50 bits per heavy atom. The van der Waals surface area contributed by atoms with Crippen molar-refractivity contribution in [3.63, 3.8) is 0 Å². The standard InChI is InChI=1S/C8H11N3O2S/c12-14(13)4-1-7(6-14)11-5-8-9-2-3-10-8/h1-4,7,11H,5-6H2,(H,9,10). The molecule has 1 aliphatic heterocycles. The van der Waals surface area contributed by atoms with Crippen LogP contribution in [0.2, 0.25) is 0 Å². The zero-order valence-corrected chi connectivity index (χ0v) is 8.29. The molecule has 2 heterocycles. The van der Waals surface area contributed by atoms with E-state index < -0.39 is 9.84 Å². The molecule has 14 heavy (non-hydrogen) atoms. The summed E-state index contributed by atoms with van der Waals surface area (Å²) in [6.07, 6.45) is 5.06. The van der Waals surface area contributed by atoms with Crippen LogP contribution in [0.4, 0.5) is 0 Å². The van der Waals surface area contributed by atoms with E-state index in [0.29, 0.717) is 6.54 Å². The molecular weight excluding hydrogens is 202 g/mol. The zero-order chi connectivity index (χ0) is 10.0. The fourth-order valence-corrected chi connectivity index (χ4v) is 2.60. The Bertz CT molecular complexity index is 421. The van der Waals surface area contributed by atoms with Gasteiger partial charge < -0.3 is 10.3 Å². The molecule has 0 spiro atoms. The van der Waals surface area contributed by atoms with Crippen LogP contribution in [0, 0.1) is 0 Å². The van der Waals surface area contributed by atoms with E-state index in [4.69, 9.17) is 0 Å². The monoisotopic (exact) mass is 213 g/mol. The largest absolute Gasteiger partial charge is 0.348 e. The van der Waals surface area contributed by atoms with Crippen molar-refractivity contribution in [3.8, 4) is 0 Å². The molecule has 1 aromatic rings. The second kappa shape index (κ2) is 3.55. The molecule has 1 unspecified atom stereocenters. The summed E-state index contributed by atoms with van der Waals surface area (Å²) in [5.41, 5.74) is 0. The molecule has 0 fully saturated rings. The predicted octanol–water partition coefficient (Wildman–Crippen LogP) is -0.190. The first-order valence-corrected chi connectivity index (χ1v) is 6.00. The maximum absolute atomic E-state index is 11.1. The van der Waals surface area contributed by atoms with Crippen molar-refractivity contribution >= 4 is 9.84 Å². The minimum atomic E-state index is -2.96. The molecule has 2 rings (SSSR count). The lowest BCUT2D eigenvalue weighted by atomic mass is 10.3. The lowest BCUT2D eigenvalue weighted by Crippen LogP contribution is -2.29. The molecule has 6 heteroatoms. The number of aromatic amines is 1. The van der Waals surface area contributed by atoms with Crippen molar-refractivity contribution in [2.24, 2.45) is 0 Å². The van der Waals surface area contributed by atoms with E-state index in [1.165, 1.54) is 5.41 Å². The van der Waals surface area contributed by atoms with Crippen LogP contribution < -0.4 is 5.32 Å². The fourth-order valence-electron chi connectivity index (χ4n) is 1.33. The van der Waals surface area contributed by atoms with Crippen molar-refractivity contribution in [2.75, 3.05) is 5.75 Å². The molecule has 2 N–H and O–H groups in total. The lowest BCUT2D eigenvalue weighted by molar-refractivity contribution is 0.586. The van der Waals surface area contributed by atoms with Crippen LogP contribution in [-0.2, 0) is 16.4 Å². The number of nitrogens with zero attached hydrogens (tertiary/aromatic N) is 1. The maximum atomic E-state index is 11.1. The number of H-pyrrole nitrogens is 1. The van der Waals surface area contributed by atoms with Gasteiger partial charge in [-0.3, -0.25) is 0 Å². The Labute approximate surface area is 82.2 Å². The van der Waals surface area contributed by atoms with Crippen molar-refractivity contribution in [1.82, 2.24) is 15.3 Å². The molecule has 0 saturated carbocycles. The van der Waals surface area contributed by atoms with E-state index in [-0.39, 0.29) is 11.8 Å². The maximum Gasteiger partial charge on any atom is 0.173 e. The average molecular weight is 213 g/mol. The smallest absolute Gasteiger partial charge is 0.173 e. The van der Waals surface area contributed by atoms with Gasteiger partial charge in [0.15, 0.2) is 9.84 Å². The number of sulfone groups is 1. The van der Waals surface area contributed by atoms with E-state index in [1.54, 1.807) is 18.5 Å². The molecule has 0 radical (unpaired) electrons. The Hall–Kier alpha value is -1.14. The molecule has 1 atom stereocenters. The highest BCUT2D eigenvalue weighted by atomic mass is 32.2. The second-order valence-corrected chi connectivity index (χ2v) is 5.11. The van der Waals surface area contributed by atoms with Crippen LogP contribution in [-0.4, -0.2) is 30.2 Å². The van der Waals surface area contributed by atoms with Gasteiger partial charge >= 0.3 is 0 Å². The summed E-state index contributed by atoms with van der Waals surface area (Å²) in [5, 5.41) is 4.34. The summed E-state index contributed by atoms with van der Waals surface area (Å²) in [5.74, 6) is 0.955. The molecule has 76 valence electrons. The molecule has 0 saturated heterocycles. The minimum absolute atomic E-state index is 0.0925. The van der Waals surface area contributed by atoms with Crippen LogP contribution in [0.3, 0.4) is 0 Å². The molecule has 1 aromatic heterocycles. The second-order valence-electron chi connectivity index (χ2n) is 3.18. The Kier molecular flexibility index (Phi) is 2.39. The first-order chi connectivity index (χ1) is 6.66. The van der Waals surface area contributed by atoms with Gasteiger partial charge in [0.2, 0.25) is 0 Å². The highest BCUT2D eigenvalue weighted by Gasteiger charge is 2.20. The van der Waals surface area contributed by atoms with E-state index in [2.05, 4.69) is 15.3 Å². The molecule has 0 aromatic carbocycles. The third-order valence-corrected chi connectivity index (χ3v) is 3.41. The summed E-state index contributed by atoms with van der Waals surface area (Å²) in [6.45, 7) is 0.553. The topological polar surface area (TPSA) is 74.8 Å². The highest BCUT2D eigenvalue weighted by molar-refractivity contribution is 7.94. The van der Waals surface area contributed by atoms with Crippen molar-refractivity contribution in [2.45, 2.75) is 12.6 Å². The van der Waals surface area contributed by atoms with E-state index in [9.17, 15) is 8.42 Å². The number of hydrogen-bond donors (Lipinski definition) is 2. The first kappa shape index (κ1) is 9.42. The summed E-state index contributed by atoms with van der Waals surface area (Å²) in [6, 6.07) is -0.0925. The van der Waals surface area contributed by atoms with E-state index >= 15 is 0 Å². The van der Waals surface area contributed by atoms with Crippen LogP contribution in [0.25, 0.3) is 0 Å². The van der Waals surface area contributed by atoms with Gasteiger partial charge in [-0.25, -0.2) is 13.4 Å². The Morgan fingerprint density at radius 3 is 3.07 bits per heavy atom. The van der Waals surface area contributed by atoms with Gasteiger partial charge in [0.05, 0.1) is 12.3 Å². The third-order valence-electron chi connectivity index (χ3n) is 2.02. The third kappa shape index (κ3) is 2.21. The highest BCUT2D eigenvalue weighted by Crippen LogP contribution is 2.07. The van der Waals surface area contributed by atoms with Crippen LogP contribution in [0.15, 0.2) is 23.9 Å². The molecule has 1 aliphatic rings. The van der Waals surface area contributed by atoms with Gasteiger partial charge in [-0.2, -0.15) is 0 Å². The Balaban J connectivity index is 1.87. The first-order valence-electron chi connectivity index (χ1n) is 4.28. The summed E-state index contributed by atoms with van der Waals surface area (Å²) in [7, 11) is -2.96. The summed E-state index contributed by atoms with van der Waals surface area (Å²) < 4.78 is 22.1. The normalized spacial score (nSPS) is 24.1. The number of nitrogens with one attached hydrogen (secondary N) is 2. The Morgan fingerprint density at radius 1 is 1.64 bits per heavy atom. The number of aromatic nitrogens is 2. The van der Waals surface area contributed by atoms with Gasteiger partial charge in [0.25, 0.3) is 0 Å². The average Bonchev–Trinajstić information content (AvgIpc) is 2.70. The summed E-state index contributed by atoms with van der Waals surface area (Å²) >= 11 is 0. The quantitative estimate of drug-likeness (QED) is 0.729. The van der Waals surface area contributed by atoms with Gasteiger partial charge in [0, 0.05) is 23.8 Å². The number of hydrogen-bond acceptors (Lipinski definition) is 4. The molecule has 0 bridgehead atoms. The molecular formula is C8H11N3O2S.